The number of nitrogens with zero attached hydrogens (tertiary/aromatic N) is 4. The monoisotopic (exact) mass is 376 g/mol. The van der Waals surface area contributed by atoms with Gasteiger partial charge in [-0.15, -0.1) is 0 Å². The van der Waals surface area contributed by atoms with E-state index in [2.05, 4.69) is 5.10 Å². The number of carbonyl (C=O) groups excluding carboxylic acids is 1. The lowest BCUT2D eigenvalue weighted by Gasteiger charge is -2.32. The normalized spacial score (nSPS) is 16.9. The maximum Gasteiger partial charge on any atom is 0.350 e. The topological polar surface area (TPSA) is 60.1 Å². The maximum atomic E-state index is 12.9. The molecule has 1 unspecified atom stereocenters. The number of rotatable bonds is 3. The van der Waals surface area contributed by atoms with Gasteiger partial charge < -0.3 is 4.90 Å². The number of para-hydroxylation sites is 1. The summed E-state index contributed by atoms with van der Waals surface area (Å²) in [5.74, 6) is 0.784. The number of piperidine rings is 1. The second kappa shape index (κ2) is 7.46. The number of carbonyl (C=O) groups is 1. The van der Waals surface area contributed by atoms with Gasteiger partial charge in [0.1, 0.15) is 5.82 Å². The quantitative estimate of drug-likeness (QED) is 0.706. The number of likely N-dealkylation sites (tertiary alicyclic amines) is 1. The Morgan fingerprint density at radius 3 is 2.50 bits per heavy atom. The van der Waals surface area contributed by atoms with Crippen LogP contribution in [0.2, 0.25) is 0 Å². The molecular weight excluding hydrogens is 352 g/mol. The zero-order valence-corrected chi connectivity index (χ0v) is 16.2. The fraction of sp³-hybridized carbons (Fsp3) is 0.318. The van der Waals surface area contributed by atoms with Crippen molar-refractivity contribution in [1.29, 1.82) is 0 Å². The van der Waals surface area contributed by atoms with Crippen molar-refractivity contribution >= 4 is 5.91 Å². The molecule has 6 nitrogen and oxygen atoms in total. The standard InChI is InChI=1S/C22H24N4O2/c1-16-10-12-17(13-11-16)21(27)25-14-6-7-18(15-25)20-23-24(2)22(28)26(20)19-8-4-3-5-9-19/h3-5,8-13,18H,6-7,14-15H2,1-2H3. The van der Waals surface area contributed by atoms with E-state index < -0.39 is 0 Å². The molecule has 0 bridgehead atoms. The van der Waals surface area contributed by atoms with Crippen LogP contribution in [0.4, 0.5) is 0 Å². The molecule has 1 saturated heterocycles. The number of amides is 1. The minimum absolute atomic E-state index is 0.0252. The number of aryl methyl sites for hydroxylation is 2. The summed E-state index contributed by atoms with van der Waals surface area (Å²) in [5.41, 5.74) is 2.47. The molecule has 2 aromatic carbocycles. The van der Waals surface area contributed by atoms with Crippen LogP contribution in [0.5, 0.6) is 0 Å². The Balaban J connectivity index is 1.64. The minimum atomic E-state index is -0.164. The van der Waals surface area contributed by atoms with Crippen LogP contribution >= 0.6 is 0 Å². The van der Waals surface area contributed by atoms with Gasteiger partial charge in [-0.2, -0.15) is 5.10 Å². The van der Waals surface area contributed by atoms with E-state index in [-0.39, 0.29) is 17.5 Å². The lowest BCUT2D eigenvalue weighted by molar-refractivity contribution is 0.0704. The van der Waals surface area contributed by atoms with Crippen LogP contribution in [0.15, 0.2) is 59.4 Å². The summed E-state index contributed by atoms with van der Waals surface area (Å²) in [7, 11) is 1.67. The summed E-state index contributed by atoms with van der Waals surface area (Å²) < 4.78 is 3.05. The van der Waals surface area contributed by atoms with E-state index in [1.165, 1.54) is 4.68 Å². The molecule has 1 aliphatic rings. The van der Waals surface area contributed by atoms with E-state index in [0.29, 0.717) is 12.1 Å². The van der Waals surface area contributed by atoms with Crippen LogP contribution in [-0.4, -0.2) is 38.2 Å². The van der Waals surface area contributed by atoms with Crippen LogP contribution in [0.1, 0.15) is 40.5 Å². The largest absolute Gasteiger partial charge is 0.350 e. The Morgan fingerprint density at radius 2 is 1.79 bits per heavy atom. The SMILES string of the molecule is Cc1ccc(C(=O)N2CCCC(c3nn(C)c(=O)n3-c3ccccc3)C2)cc1. The third kappa shape index (κ3) is 3.38. The molecule has 1 aromatic heterocycles. The van der Waals surface area contributed by atoms with E-state index in [1.54, 1.807) is 11.6 Å². The number of aromatic nitrogens is 3. The van der Waals surface area contributed by atoms with Crippen LogP contribution in [-0.2, 0) is 7.05 Å². The first-order valence-electron chi connectivity index (χ1n) is 9.62. The van der Waals surface area contributed by atoms with Crippen LogP contribution in [0.25, 0.3) is 5.69 Å². The molecule has 3 aromatic rings. The van der Waals surface area contributed by atoms with Crippen molar-refractivity contribution in [2.75, 3.05) is 13.1 Å². The minimum Gasteiger partial charge on any atom is -0.338 e. The highest BCUT2D eigenvalue weighted by Crippen LogP contribution is 2.27. The molecule has 1 atom stereocenters. The molecule has 4 rings (SSSR count). The number of benzene rings is 2. The van der Waals surface area contributed by atoms with Gasteiger partial charge in [-0.3, -0.25) is 4.79 Å². The molecule has 1 aliphatic heterocycles. The first-order valence-corrected chi connectivity index (χ1v) is 9.62. The summed E-state index contributed by atoms with van der Waals surface area (Å²) in [6.45, 7) is 3.30. The Kier molecular flexibility index (Phi) is 4.86. The molecular formula is C22H24N4O2. The molecule has 0 aliphatic carbocycles. The number of hydrogen-bond acceptors (Lipinski definition) is 3. The van der Waals surface area contributed by atoms with Crippen LogP contribution in [0.3, 0.4) is 0 Å². The van der Waals surface area contributed by atoms with E-state index in [9.17, 15) is 9.59 Å². The molecule has 0 spiro atoms. The Hall–Kier alpha value is -3.15. The van der Waals surface area contributed by atoms with Gasteiger partial charge in [0.05, 0.1) is 5.69 Å². The van der Waals surface area contributed by atoms with Crippen molar-refractivity contribution in [2.24, 2.45) is 7.05 Å². The lowest BCUT2D eigenvalue weighted by atomic mass is 9.96. The molecule has 28 heavy (non-hydrogen) atoms. The van der Waals surface area contributed by atoms with Gasteiger partial charge in [0.15, 0.2) is 0 Å². The van der Waals surface area contributed by atoms with Crippen molar-refractivity contribution < 1.29 is 4.79 Å². The van der Waals surface area contributed by atoms with Crippen molar-refractivity contribution in [1.82, 2.24) is 19.2 Å². The average Bonchev–Trinajstić information content (AvgIpc) is 3.03. The number of hydrogen-bond donors (Lipinski definition) is 0. The van der Waals surface area contributed by atoms with Crippen molar-refractivity contribution in [3.8, 4) is 5.69 Å². The molecule has 2 heterocycles. The van der Waals surface area contributed by atoms with E-state index in [4.69, 9.17) is 0 Å². The lowest BCUT2D eigenvalue weighted by Crippen LogP contribution is -2.40. The first kappa shape index (κ1) is 18.2. The molecule has 0 N–H and O–H groups in total. The van der Waals surface area contributed by atoms with E-state index >= 15 is 0 Å². The predicted molar refractivity (Wildman–Crippen MR) is 108 cm³/mol. The smallest absolute Gasteiger partial charge is 0.338 e. The van der Waals surface area contributed by atoms with Gasteiger partial charge in [0.2, 0.25) is 0 Å². The summed E-state index contributed by atoms with van der Waals surface area (Å²) in [4.78, 5) is 27.5. The van der Waals surface area contributed by atoms with E-state index in [0.717, 1.165) is 36.5 Å². The Bertz CT molecular complexity index is 1030. The molecule has 1 amide bonds. The predicted octanol–water partition coefficient (Wildman–Crippen LogP) is 2.90. The van der Waals surface area contributed by atoms with Crippen LogP contribution < -0.4 is 5.69 Å². The third-order valence-corrected chi connectivity index (χ3v) is 5.34. The summed E-state index contributed by atoms with van der Waals surface area (Å²) in [6, 6.07) is 17.2. The van der Waals surface area contributed by atoms with Gasteiger partial charge >= 0.3 is 5.69 Å². The maximum absolute atomic E-state index is 12.9. The molecule has 6 heteroatoms. The third-order valence-electron chi connectivity index (χ3n) is 5.34. The second-order valence-corrected chi connectivity index (χ2v) is 7.39. The summed E-state index contributed by atoms with van der Waals surface area (Å²) in [6.07, 6.45) is 1.79. The molecule has 144 valence electrons. The van der Waals surface area contributed by atoms with Crippen molar-refractivity contribution in [2.45, 2.75) is 25.7 Å². The van der Waals surface area contributed by atoms with Crippen molar-refractivity contribution in [3.05, 3.63) is 82.0 Å². The second-order valence-electron chi connectivity index (χ2n) is 7.39. The molecule has 1 fully saturated rings. The molecule has 0 radical (unpaired) electrons. The summed E-state index contributed by atoms with van der Waals surface area (Å²) >= 11 is 0. The highest BCUT2D eigenvalue weighted by atomic mass is 16.2. The highest BCUT2D eigenvalue weighted by Gasteiger charge is 2.30. The van der Waals surface area contributed by atoms with Gasteiger partial charge in [0.25, 0.3) is 5.91 Å². The van der Waals surface area contributed by atoms with Gasteiger partial charge in [0, 0.05) is 31.6 Å². The average molecular weight is 376 g/mol. The zero-order chi connectivity index (χ0) is 19.7. The summed E-state index contributed by atoms with van der Waals surface area (Å²) in [5, 5.41) is 4.52. The van der Waals surface area contributed by atoms with E-state index in [1.807, 2.05) is 66.4 Å². The fourth-order valence-corrected chi connectivity index (χ4v) is 3.82. The Morgan fingerprint density at radius 1 is 1.07 bits per heavy atom. The first-order chi connectivity index (χ1) is 13.5. The van der Waals surface area contributed by atoms with Crippen molar-refractivity contribution in [3.63, 3.8) is 0 Å². The fourth-order valence-electron chi connectivity index (χ4n) is 3.82. The van der Waals surface area contributed by atoms with Gasteiger partial charge in [-0.1, -0.05) is 35.9 Å². The molecule has 0 saturated carbocycles. The Labute approximate surface area is 164 Å². The van der Waals surface area contributed by atoms with Crippen LogP contribution in [0, 0.1) is 6.92 Å². The van der Waals surface area contributed by atoms with Gasteiger partial charge in [-0.05, 0) is 44.0 Å². The van der Waals surface area contributed by atoms with Gasteiger partial charge in [-0.25, -0.2) is 14.0 Å². The zero-order valence-electron chi connectivity index (χ0n) is 16.2. The highest BCUT2D eigenvalue weighted by molar-refractivity contribution is 5.94.